The summed E-state index contributed by atoms with van der Waals surface area (Å²) >= 11 is 0. The molecule has 2 aromatic rings. The van der Waals surface area contributed by atoms with Crippen molar-refractivity contribution in [2.45, 2.75) is 13.8 Å². The highest BCUT2D eigenvalue weighted by atomic mass is 32.2. The first kappa shape index (κ1) is 21.3. The summed E-state index contributed by atoms with van der Waals surface area (Å²) in [5, 5.41) is 2.89. The third-order valence-electron chi connectivity index (χ3n) is 4.52. The SMILES string of the molecule is COC(=O)c1cc(NC2=NS(=O)(=O)C(c3ccc(C)cc3)=C2C)cc(C(=O)OC)c1. The van der Waals surface area contributed by atoms with Crippen LogP contribution in [0.15, 0.2) is 52.4 Å². The second-order valence-corrected chi connectivity index (χ2v) is 8.18. The quantitative estimate of drug-likeness (QED) is 0.745. The Morgan fingerprint density at radius 3 is 1.93 bits per heavy atom. The first-order valence-corrected chi connectivity index (χ1v) is 10.3. The minimum Gasteiger partial charge on any atom is -0.465 e. The monoisotopic (exact) mass is 428 g/mol. The number of ether oxygens (including phenoxy) is 2. The van der Waals surface area contributed by atoms with E-state index >= 15 is 0 Å². The summed E-state index contributed by atoms with van der Waals surface area (Å²) in [5.41, 5.74) is 2.44. The van der Waals surface area contributed by atoms with Gasteiger partial charge in [-0.05, 0) is 37.6 Å². The molecule has 3 rings (SSSR count). The zero-order valence-electron chi connectivity index (χ0n) is 16.8. The van der Waals surface area contributed by atoms with Gasteiger partial charge in [0.15, 0.2) is 0 Å². The second kappa shape index (κ2) is 8.11. The van der Waals surface area contributed by atoms with E-state index < -0.39 is 22.0 Å². The summed E-state index contributed by atoms with van der Waals surface area (Å²) < 4.78 is 38.6. The highest BCUT2D eigenvalue weighted by Gasteiger charge is 2.31. The lowest BCUT2D eigenvalue weighted by Gasteiger charge is -2.11. The Balaban J connectivity index is 2.04. The van der Waals surface area contributed by atoms with E-state index in [0.717, 1.165) is 5.56 Å². The fourth-order valence-electron chi connectivity index (χ4n) is 3.03. The van der Waals surface area contributed by atoms with Crippen molar-refractivity contribution in [3.05, 3.63) is 70.3 Å². The van der Waals surface area contributed by atoms with Gasteiger partial charge < -0.3 is 14.8 Å². The molecule has 156 valence electrons. The smallest absolute Gasteiger partial charge is 0.337 e. The maximum absolute atomic E-state index is 12.7. The van der Waals surface area contributed by atoms with Crippen LogP contribution in [0.25, 0.3) is 4.91 Å². The van der Waals surface area contributed by atoms with Crippen molar-refractivity contribution >= 4 is 38.4 Å². The Morgan fingerprint density at radius 1 is 0.900 bits per heavy atom. The number of esters is 2. The van der Waals surface area contributed by atoms with Crippen LogP contribution in [0.1, 0.15) is 38.8 Å². The van der Waals surface area contributed by atoms with Gasteiger partial charge in [0.25, 0.3) is 10.0 Å². The number of amidine groups is 1. The predicted octanol–water partition coefficient (Wildman–Crippen LogP) is 3.15. The summed E-state index contributed by atoms with van der Waals surface area (Å²) in [6, 6.07) is 11.3. The minimum absolute atomic E-state index is 0.0994. The third-order valence-corrected chi connectivity index (χ3v) is 6.00. The van der Waals surface area contributed by atoms with Gasteiger partial charge in [0.2, 0.25) is 0 Å². The normalized spacial score (nSPS) is 14.9. The summed E-state index contributed by atoms with van der Waals surface area (Å²) in [4.78, 5) is 24.0. The van der Waals surface area contributed by atoms with Crippen LogP contribution in [0.5, 0.6) is 0 Å². The Hall–Kier alpha value is -3.46. The number of sulfonamides is 1. The fraction of sp³-hybridized carbons (Fsp3) is 0.190. The van der Waals surface area contributed by atoms with Crippen LogP contribution in [-0.2, 0) is 19.5 Å². The standard InChI is InChI=1S/C21H20N2O6S/c1-12-5-7-14(8-6-12)18-13(2)19(23-30(18,26)27)22-17-10-15(20(24)28-3)9-16(11-17)21(25)29-4/h5-11H,1-4H3,(H,22,23). The van der Waals surface area contributed by atoms with Crippen molar-refractivity contribution in [2.75, 3.05) is 19.5 Å². The van der Waals surface area contributed by atoms with E-state index in [2.05, 4.69) is 9.71 Å². The molecule has 0 aliphatic carbocycles. The fourth-order valence-corrected chi connectivity index (χ4v) is 4.46. The summed E-state index contributed by atoms with van der Waals surface area (Å²) in [7, 11) is -1.48. The molecule has 0 fully saturated rings. The van der Waals surface area contributed by atoms with Gasteiger partial charge in [0.1, 0.15) is 10.7 Å². The molecule has 30 heavy (non-hydrogen) atoms. The number of carbonyl (C=O) groups excluding carboxylic acids is 2. The molecule has 0 aromatic heterocycles. The number of hydrogen-bond donors (Lipinski definition) is 1. The van der Waals surface area contributed by atoms with E-state index in [9.17, 15) is 18.0 Å². The maximum Gasteiger partial charge on any atom is 0.337 e. The molecule has 9 heteroatoms. The van der Waals surface area contributed by atoms with Crippen LogP contribution in [0.3, 0.4) is 0 Å². The van der Waals surface area contributed by atoms with Crippen LogP contribution in [0.2, 0.25) is 0 Å². The van der Waals surface area contributed by atoms with Crippen LogP contribution in [0, 0.1) is 6.92 Å². The number of nitrogens with one attached hydrogen (secondary N) is 1. The average Bonchev–Trinajstić information content (AvgIpc) is 2.95. The van der Waals surface area contributed by atoms with Crippen molar-refractivity contribution in [2.24, 2.45) is 4.40 Å². The van der Waals surface area contributed by atoms with Gasteiger partial charge in [-0.25, -0.2) is 9.59 Å². The molecule has 0 saturated carbocycles. The van der Waals surface area contributed by atoms with Gasteiger partial charge in [-0.2, -0.15) is 8.42 Å². The van der Waals surface area contributed by atoms with E-state index in [1.807, 2.05) is 19.1 Å². The average molecular weight is 428 g/mol. The zero-order chi connectivity index (χ0) is 22.1. The molecule has 0 radical (unpaired) electrons. The van der Waals surface area contributed by atoms with Crippen molar-refractivity contribution in [3.63, 3.8) is 0 Å². The van der Waals surface area contributed by atoms with E-state index in [0.29, 0.717) is 11.1 Å². The molecule has 1 heterocycles. The van der Waals surface area contributed by atoms with Gasteiger partial charge in [-0.15, -0.1) is 4.40 Å². The van der Waals surface area contributed by atoms with E-state index in [4.69, 9.17) is 9.47 Å². The van der Waals surface area contributed by atoms with Crippen molar-refractivity contribution < 1.29 is 27.5 Å². The molecule has 2 aromatic carbocycles. The molecule has 1 N–H and O–H groups in total. The summed E-state index contributed by atoms with van der Waals surface area (Å²) in [5.74, 6) is -1.21. The molecule has 8 nitrogen and oxygen atoms in total. The van der Waals surface area contributed by atoms with Crippen LogP contribution in [-0.4, -0.2) is 40.4 Å². The van der Waals surface area contributed by atoms with Gasteiger partial charge in [0.05, 0.1) is 25.3 Å². The molecule has 0 unspecified atom stereocenters. The van der Waals surface area contributed by atoms with Gasteiger partial charge in [0, 0.05) is 11.3 Å². The Bertz CT molecular complexity index is 1160. The van der Waals surface area contributed by atoms with Gasteiger partial charge in [-0.1, -0.05) is 29.8 Å². The number of nitrogens with zero attached hydrogens (tertiary/aromatic N) is 1. The van der Waals surface area contributed by atoms with Crippen molar-refractivity contribution in [1.29, 1.82) is 0 Å². The van der Waals surface area contributed by atoms with Crippen LogP contribution >= 0.6 is 0 Å². The first-order chi connectivity index (χ1) is 14.2. The second-order valence-electron chi connectivity index (χ2n) is 6.64. The highest BCUT2D eigenvalue weighted by molar-refractivity contribution is 8.00. The number of aryl methyl sites for hydroxylation is 1. The predicted molar refractivity (Wildman–Crippen MR) is 113 cm³/mol. The Kier molecular flexibility index (Phi) is 5.75. The molecule has 0 saturated heterocycles. The van der Waals surface area contributed by atoms with Crippen molar-refractivity contribution in [1.82, 2.24) is 0 Å². The largest absolute Gasteiger partial charge is 0.465 e. The molecule has 0 atom stereocenters. The van der Waals surface area contributed by atoms with Crippen LogP contribution in [0.4, 0.5) is 5.69 Å². The zero-order valence-corrected chi connectivity index (χ0v) is 17.7. The van der Waals surface area contributed by atoms with Gasteiger partial charge in [-0.3, -0.25) is 0 Å². The lowest BCUT2D eigenvalue weighted by atomic mass is 10.1. The number of rotatable bonds is 4. The molecule has 0 bridgehead atoms. The maximum atomic E-state index is 12.7. The third kappa shape index (κ3) is 4.11. The molecule has 1 aliphatic heterocycles. The van der Waals surface area contributed by atoms with Crippen molar-refractivity contribution in [3.8, 4) is 0 Å². The van der Waals surface area contributed by atoms with Gasteiger partial charge >= 0.3 is 11.9 Å². The first-order valence-electron chi connectivity index (χ1n) is 8.88. The molecule has 1 aliphatic rings. The summed E-state index contributed by atoms with van der Waals surface area (Å²) in [6.07, 6.45) is 0. The number of anilines is 1. The molecular weight excluding hydrogens is 408 g/mol. The number of carbonyl (C=O) groups is 2. The Morgan fingerprint density at radius 2 is 1.43 bits per heavy atom. The molecule has 0 amide bonds. The Labute approximate surface area is 174 Å². The number of benzene rings is 2. The van der Waals surface area contributed by atoms with E-state index in [1.54, 1.807) is 19.1 Å². The number of hydrogen-bond acceptors (Lipinski definition) is 7. The number of methoxy groups -OCH3 is 2. The summed E-state index contributed by atoms with van der Waals surface area (Å²) in [6.45, 7) is 3.54. The lowest BCUT2D eigenvalue weighted by Crippen LogP contribution is -2.14. The lowest BCUT2D eigenvalue weighted by molar-refractivity contribution is 0.0599. The highest BCUT2D eigenvalue weighted by Crippen LogP contribution is 2.33. The molecule has 0 spiro atoms. The minimum atomic E-state index is -3.91. The van der Waals surface area contributed by atoms with E-state index in [1.165, 1.54) is 32.4 Å². The molecular formula is C21H20N2O6S. The van der Waals surface area contributed by atoms with E-state index in [-0.39, 0.29) is 27.6 Å². The topological polar surface area (TPSA) is 111 Å². The van der Waals surface area contributed by atoms with Crippen LogP contribution < -0.4 is 5.32 Å².